The van der Waals surface area contributed by atoms with E-state index in [9.17, 15) is 9.59 Å². The molecule has 1 amide bonds. The zero-order valence-electron chi connectivity index (χ0n) is 8.35. The van der Waals surface area contributed by atoms with Gasteiger partial charge < -0.3 is 10.0 Å². The Bertz CT molecular complexity index is 425. The van der Waals surface area contributed by atoms with Gasteiger partial charge >= 0.3 is 5.97 Å². The molecule has 1 atom stereocenters. The van der Waals surface area contributed by atoms with Crippen LogP contribution in [0.3, 0.4) is 0 Å². The van der Waals surface area contributed by atoms with Crippen molar-refractivity contribution in [2.45, 2.75) is 6.04 Å². The monoisotopic (exact) mass is 305 g/mol. The van der Waals surface area contributed by atoms with Gasteiger partial charge in [0.25, 0.3) is 0 Å². The quantitative estimate of drug-likeness (QED) is 0.869. The summed E-state index contributed by atoms with van der Waals surface area (Å²) in [6.07, 6.45) is 0.456. The predicted octanol–water partition coefficient (Wildman–Crippen LogP) is 2.32. The van der Waals surface area contributed by atoms with Crippen LogP contribution in [0.25, 0.3) is 0 Å². The molecule has 1 unspecified atom stereocenters. The van der Waals surface area contributed by atoms with Crippen molar-refractivity contribution in [3.63, 3.8) is 0 Å². The molecule has 0 radical (unpaired) electrons. The van der Waals surface area contributed by atoms with E-state index in [0.29, 0.717) is 17.0 Å². The molecule has 4 nitrogen and oxygen atoms in total. The van der Waals surface area contributed by atoms with Crippen LogP contribution in [0.4, 0.5) is 0 Å². The molecule has 0 fully saturated rings. The first-order valence-corrected chi connectivity index (χ1v) is 5.49. The van der Waals surface area contributed by atoms with E-state index in [4.69, 9.17) is 16.7 Å². The molecule has 1 N–H and O–H groups in total. The number of halogens is 2. The number of carboxylic acid groups (broad SMARTS) is 1. The van der Waals surface area contributed by atoms with Gasteiger partial charge in [0.15, 0.2) is 6.04 Å². The first-order valence-electron chi connectivity index (χ1n) is 4.32. The first-order chi connectivity index (χ1) is 7.47. The van der Waals surface area contributed by atoms with Crippen molar-refractivity contribution in [2.24, 2.45) is 0 Å². The van der Waals surface area contributed by atoms with Crippen LogP contribution in [0.2, 0.25) is 5.02 Å². The summed E-state index contributed by atoms with van der Waals surface area (Å²) >= 11 is 9.15. The van der Waals surface area contributed by atoms with Crippen LogP contribution in [-0.4, -0.2) is 29.4 Å². The van der Waals surface area contributed by atoms with Crippen molar-refractivity contribution in [3.8, 4) is 0 Å². The van der Waals surface area contributed by atoms with Gasteiger partial charge in [0.1, 0.15) is 0 Å². The maximum Gasteiger partial charge on any atom is 0.331 e. The Morgan fingerprint density at radius 2 is 2.25 bits per heavy atom. The van der Waals surface area contributed by atoms with Gasteiger partial charge in [-0.15, -0.1) is 0 Å². The van der Waals surface area contributed by atoms with E-state index in [-0.39, 0.29) is 0 Å². The van der Waals surface area contributed by atoms with Crippen LogP contribution in [0.15, 0.2) is 22.7 Å². The maximum atomic E-state index is 11.1. The molecule has 1 aromatic rings. The van der Waals surface area contributed by atoms with Crippen LogP contribution < -0.4 is 0 Å². The normalized spacial score (nSPS) is 11.9. The maximum absolute atomic E-state index is 11.1. The molecule has 0 bridgehead atoms. The lowest BCUT2D eigenvalue weighted by Crippen LogP contribution is -2.29. The van der Waals surface area contributed by atoms with Crippen LogP contribution in [0, 0.1) is 0 Å². The van der Waals surface area contributed by atoms with E-state index in [1.165, 1.54) is 7.05 Å². The molecular weight excluding hydrogens is 297 g/mol. The lowest BCUT2D eigenvalue weighted by molar-refractivity contribution is -0.145. The molecule has 0 spiro atoms. The highest BCUT2D eigenvalue weighted by Crippen LogP contribution is 2.29. The molecule has 0 aliphatic rings. The summed E-state index contributed by atoms with van der Waals surface area (Å²) in [5, 5.41) is 9.35. The zero-order valence-corrected chi connectivity index (χ0v) is 10.7. The largest absolute Gasteiger partial charge is 0.479 e. The summed E-state index contributed by atoms with van der Waals surface area (Å²) in [7, 11) is 1.39. The minimum absolute atomic E-state index is 0.301. The molecule has 1 aromatic carbocycles. The summed E-state index contributed by atoms with van der Waals surface area (Å²) in [6.45, 7) is 0. The van der Waals surface area contributed by atoms with E-state index in [1.54, 1.807) is 18.2 Å². The van der Waals surface area contributed by atoms with Gasteiger partial charge in [-0.25, -0.2) is 4.79 Å². The van der Waals surface area contributed by atoms with Crippen molar-refractivity contribution in [3.05, 3.63) is 33.3 Å². The Morgan fingerprint density at radius 1 is 1.62 bits per heavy atom. The van der Waals surface area contributed by atoms with Gasteiger partial charge in [-0.2, -0.15) is 0 Å². The Labute approximate surface area is 106 Å². The molecule has 0 aromatic heterocycles. The van der Waals surface area contributed by atoms with Gasteiger partial charge in [-0.05, 0) is 12.1 Å². The van der Waals surface area contributed by atoms with Crippen molar-refractivity contribution >= 4 is 39.9 Å². The number of likely N-dealkylation sites (N-methyl/N-ethyl adjacent to an activating group) is 1. The second kappa shape index (κ2) is 5.32. The molecule has 1 rings (SSSR count). The van der Waals surface area contributed by atoms with E-state index in [2.05, 4.69) is 15.9 Å². The second-order valence-corrected chi connectivity index (χ2v) is 4.50. The number of hydrogen-bond donors (Lipinski definition) is 1. The Balaban J connectivity index is 3.21. The van der Waals surface area contributed by atoms with E-state index in [0.717, 1.165) is 9.37 Å². The average Bonchev–Trinajstić information content (AvgIpc) is 2.21. The van der Waals surface area contributed by atoms with Crippen molar-refractivity contribution < 1.29 is 14.7 Å². The standard InChI is InChI=1S/C10H9BrClNO3/c1-13(5-14)9(10(15)16)7-3-2-6(11)4-8(7)12/h2-5,9H,1H3,(H,15,16). The fourth-order valence-corrected chi connectivity index (χ4v) is 2.09. The third-order valence-corrected chi connectivity index (χ3v) is 2.89. The molecule has 0 aliphatic carbocycles. The summed E-state index contributed by atoms with van der Waals surface area (Å²) in [4.78, 5) is 22.7. The van der Waals surface area contributed by atoms with Crippen LogP contribution in [0.5, 0.6) is 0 Å². The summed E-state index contributed by atoms with van der Waals surface area (Å²) in [6, 6.07) is 3.77. The third kappa shape index (κ3) is 2.74. The Hall–Kier alpha value is -1.07. The number of nitrogens with zero attached hydrogens (tertiary/aromatic N) is 1. The van der Waals surface area contributed by atoms with Crippen molar-refractivity contribution in [1.82, 2.24) is 4.90 Å². The van der Waals surface area contributed by atoms with E-state index >= 15 is 0 Å². The lowest BCUT2D eigenvalue weighted by atomic mass is 10.1. The number of amides is 1. The number of hydrogen-bond acceptors (Lipinski definition) is 2. The van der Waals surface area contributed by atoms with Gasteiger partial charge in [0.2, 0.25) is 6.41 Å². The number of carbonyl (C=O) groups excluding carboxylic acids is 1. The Morgan fingerprint density at radius 3 is 2.69 bits per heavy atom. The molecule has 0 aliphatic heterocycles. The number of aliphatic carboxylic acids is 1. The molecular formula is C10H9BrClNO3. The van der Waals surface area contributed by atoms with Gasteiger partial charge in [0, 0.05) is 22.1 Å². The highest BCUT2D eigenvalue weighted by molar-refractivity contribution is 9.10. The molecule has 86 valence electrons. The molecule has 0 saturated heterocycles. The van der Waals surface area contributed by atoms with Crippen molar-refractivity contribution in [1.29, 1.82) is 0 Å². The van der Waals surface area contributed by atoms with Crippen LogP contribution in [-0.2, 0) is 9.59 Å². The zero-order chi connectivity index (χ0) is 12.3. The lowest BCUT2D eigenvalue weighted by Gasteiger charge is -2.21. The molecule has 6 heteroatoms. The minimum atomic E-state index is -1.13. The van der Waals surface area contributed by atoms with E-state index in [1.807, 2.05) is 0 Å². The molecule has 0 heterocycles. The molecule has 0 saturated carbocycles. The number of rotatable bonds is 4. The second-order valence-electron chi connectivity index (χ2n) is 3.18. The summed E-state index contributed by atoms with van der Waals surface area (Å²) in [5.74, 6) is -1.13. The fourth-order valence-electron chi connectivity index (χ4n) is 1.31. The minimum Gasteiger partial charge on any atom is -0.479 e. The summed E-state index contributed by atoms with van der Waals surface area (Å²) in [5.41, 5.74) is 0.381. The fraction of sp³-hybridized carbons (Fsp3) is 0.200. The Kier molecular flexibility index (Phi) is 4.32. The number of benzene rings is 1. The molecule has 16 heavy (non-hydrogen) atoms. The smallest absolute Gasteiger partial charge is 0.331 e. The van der Waals surface area contributed by atoms with Gasteiger partial charge in [-0.1, -0.05) is 33.6 Å². The van der Waals surface area contributed by atoms with Crippen LogP contribution in [0.1, 0.15) is 11.6 Å². The third-order valence-electron chi connectivity index (χ3n) is 2.06. The van der Waals surface area contributed by atoms with E-state index < -0.39 is 12.0 Å². The highest BCUT2D eigenvalue weighted by Gasteiger charge is 2.25. The number of carboxylic acids is 1. The average molecular weight is 307 g/mol. The van der Waals surface area contributed by atoms with Crippen molar-refractivity contribution in [2.75, 3.05) is 7.05 Å². The number of carbonyl (C=O) groups is 2. The highest BCUT2D eigenvalue weighted by atomic mass is 79.9. The van der Waals surface area contributed by atoms with Gasteiger partial charge in [-0.3, -0.25) is 4.79 Å². The topological polar surface area (TPSA) is 57.6 Å². The predicted molar refractivity (Wildman–Crippen MR) is 63.4 cm³/mol. The van der Waals surface area contributed by atoms with Crippen LogP contribution >= 0.6 is 27.5 Å². The van der Waals surface area contributed by atoms with Gasteiger partial charge in [0.05, 0.1) is 0 Å². The summed E-state index contributed by atoms with van der Waals surface area (Å²) < 4.78 is 0.749. The SMILES string of the molecule is CN(C=O)C(C(=O)O)c1ccc(Br)cc1Cl. The first kappa shape index (κ1) is 13.0.